The minimum Gasteiger partial charge on any atom is -0.469 e. The smallest absolute Gasteiger partial charge is 0.305 e. The summed E-state index contributed by atoms with van der Waals surface area (Å²) in [5, 5.41) is 0. The van der Waals surface area contributed by atoms with Crippen LogP contribution < -0.4 is 5.73 Å². The lowest BCUT2D eigenvalue weighted by atomic mass is 9.69. The van der Waals surface area contributed by atoms with Gasteiger partial charge in [0, 0.05) is 12.5 Å². The number of hydrogen-bond acceptors (Lipinski definition) is 3. The van der Waals surface area contributed by atoms with Crippen LogP contribution in [0.4, 0.5) is 0 Å². The highest BCUT2D eigenvalue weighted by molar-refractivity contribution is 5.69. The van der Waals surface area contributed by atoms with Gasteiger partial charge in [-0.15, -0.1) is 0 Å². The average molecular weight is 199 g/mol. The molecule has 1 unspecified atom stereocenters. The third-order valence-electron chi connectivity index (χ3n) is 2.98. The number of hydrogen-bond donors (Lipinski definition) is 1. The zero-order valence-electron chi connectivity index (χ0n) is 9.38. The molecule has 1 fully saturated rings. The van der Waals surface area contributed by atoms with Crippen molar-refractivity contribution in [1.82, 2.24) is 0 Å². The Hall–Kier alpha value is -0.570. The molecular weight excluding hydrogens is 178 g/mol. The molecule has 2 N–H and O–H groups in total. The molecule has 0 amide bonds. The van der Waals surface area contributed by atoms with E-state index in [1.165, 1.54) is 7.11 Å². The predicted molar refractivity (Wildman–Crippen MR) is 55.7 cm³/mol. The summed E-state index contributed by atoms with van der Waals surface area (Å²) >= 11 is 0. The standard InChI is InChI=1S/C11H21NO2/c1-11(2)6-8(4-9(12)7-11)5-10(13)14-3/h8-9H,4-7,12H2,1-3H3/t8-,9?/m0/s1. The molecule has 3 nitrogen and oxygen atoms in total. The van der Waals surface area contributed by atoms with Crippen LogP contribution >= 0.6 is 0 Å². The van der Waals surface area contributed by atoms with E-state index in [0.717, 1.165) is 19.3 Å². The summed E-state index contributed by atoms with van der Waals surface area (Å²) < 4.78 is 4.68. The lowest BCUT2D eigenvalue weighted by Gasteiger charge is -2.38. The van der Waals surface area contributed by atoms with Gasteiger partial charge in [0.1, 0.15) is 0 Å². The van der Waals surface area contributed by atoms with Crippen LogP contribution in [0.3, 0.4) is 0 Å². The van der Waals surface area contributed by atoms with Crippen molar-refractivity contribution in [2.45, 2.75) is 45.6 Å². The number of rotatable bonds is 2. The summed E-state index contributed by atoms with van der Waals surface area (Å²) in [6, 6.07) is 0.244. The van der Waals surface area contributed by atoms with Crippen LogP contribution in [0, 0.1) is 11.3 Å². The van der Waals surface area contributed by atoms with E-state index in [2.05, 4.69) is 18.6 Å². The highest BCUT2D eigenvalue weighted by atomic mass is 16.5. The minimum absolute atomic E-state index is 0.111. The molecular formula is C11H21NO2. The van der Waals surface area contributed by atoms with Gasteiger partial charge in [0.15, 0.2) is 0 Å². The first-order chi connectivity index (χ1) is 6.43. The molecule has 0 aromatic heterocycles. The lowest BCUT2D eigenvalue weighted by molar-refractivity contribution is -0.142. The summed E-state index contributed by atoms with van der Waals surface area (Å²) in [6.07, 6.45) is 3.62. The fourth-order valence-corrected chi connectivity index (χ4v) is 2.64. The van der Waals surface area contributed by atoms with Crippen molar-refractivity contribution in [3.8, 4) is 0 Å². The summed E-state index contributed by atoms with van der Waals surface area (Å²) in [4.78, 5) is 11.1. The van der Waals surface area contributed by atoms with Gasteiger partial charge in [-0.1, -0.05) is 13.8 Å². The van der Waals surface area contributed by atoms with Gasteiger partial charge in [0.25, 0.3) is 0 Å². The van der Waals surface area contributed by atoms with E-state index in [0.29, 0.717) is 12.3 Å². The zero-order valence-corrected chi connectivity index (χ0v) is 9.38. The molecule has 0 aromatic carbocycles. The zero-order chi connectivity index (χ0) is 10.8. The maximum Gasteiger partial charge on any atom is 0.305 e. The van der Waals surface area contributed by atoms with Crippen molar-refractivity contribution in [2.24, 2.45) is 17.1 Å². The van der Waals surface area contributed by atoms with Crippen molar-refractivity contribution in [1.29, 1.82) is 0 Å². The Bertz CT molecular complexity index is 213. The molecule has 1 rings (SSSR count). The Morgan fingerprint density at radius 1 is 1.50 bits per heavy atom. The van der Waals surface area contributed by atoms with Crippen LogP contribution in [0.15, 0.2) is 0 Å². The summed E-state index contributed by atoms with van der Waals surface area (Å²) in [5.41, 5.74) is 6.24. The number of methoxy groups -OCH3 is 1. The van der Waals surface area contributed by atoms with Crippen molar-refractivity contribution in [3.63, 3.8) is 0 Å². The SMILES string of the molecule is COC(=O)C[C@@H]1CC(N)CC(C)(C)C1. The number of carbonyl (C=O) groups excluding carboxylic acids is 1. The third-order valence-corrected chi connectivity index (χ3v) is 2.98. The fraction of sp³-hybridized carbons (Fsp3) is 0.909. The second-order valence-electron chi connectivity index (χ2n) is 5.21. The molecule has 0 aliphatic heterocycles. The number of carbonyl (C=O) groups is 1. The Morgan fingerprint density at radius 2 is 2.14 bits per heavy atom. The molecule has 0 saturated heterocycles. The van der Waals surface area contributed by atoms with Gasteiger partial charge in [0.2, 0.25) is 0 Å². The normalized spacial score (nSPS) is 31.1. The van der Waals surface area contributed by atoms with E-state index >= 15 is 0 Å². The molecule has 0 spiro atoms. The van der Waals surface area contributed by atoms with Gasteiger partial charge in [-0.3, -0.25) is 4.79 Å². The van der Waals surface area contributed by atoms with Crippen LogP contribution in [0.25, 0.3) is 0 Å². The number of nitrogens with two attached hydrogens (primary N) is 1. The van der Waals surface area contributed by atoms with Crippen LogP contribution in [-0.2, 0) is 9.53 Å². The Labute approximate surface area is 86.0 Å². The van der Waals surface area contributed by atoms with Crippen LogP contribution in [0.2, 0.25) is 0 Å². The van der Waals surface area contributed by atoms with Crippen molar-refractivity contribution >= 4 is 5.97 Å². The number of esters is 1. The summed E-state index contributed by atoms with van der Waals surface area (Å²) in [5.74, 6) is 0.293. The second kappa shape index (κ2) is 4.30. The lowest BCUT2D eigenvalue weighted by Crippen LogP contribution is -2.37. The molecule has 3 heteroatoms. The highest BCUT2D eigenvalue weighted by Gasteiger charge is 2.33. The van der Waals surface area contributed by atoms with Gasteiger partial charge in [-0.25, -0.2) is 0 Å². The molecule has 1 saturated carbocycles. The Morgan fingerprint density at radius 3 is 2.64 bits per heavy atom. The van der Waals surface area contributed by atoms with Gasteiger partial charge in [-0.05, 0) is 30.6 Å². The molecule has 14 heavy (non-hydrogen) atoms. The summed E-state index contributed by atoms with van der Waals surface area (Å²) in [7, 11) is 1.44. The van der Waals surface area contributed by atoms with Crippen molar-refractivity contribution in [2.75, 3.05) is 7.11 Å². The number of ether oxygens (including phenoxy) is 1. The topological polar surface area (TPSA) is 52.3 Å². The monoisotopic (exact) mass is 199 g/mol. The maximum absolute atomic E-state index is 11.1. The van der Waals surface area contributed by atoms with E-state index in [-0.39, 0.29) is 17.4 Å². The molecule has 82 valence electrons. The van der Waals surface area contributed by atoms with Crippen LogP contribution in [0.1, 0.15) is 39.5 Å². The van der Waals surface area contributed by atoms with E-state index in [1.807, 2.05) is 0 Å². The Kier molecular flexibility index (Phi) is 3.53. The first kappa shape index (κ1) is 11.5. The largest absolute Gasteiger partial charge is 0.469 e. The summed E-state index contributed by atoms with van der Waals surface area (Å²) in [6.45, 7) is 4.44. The first-order valence-corrected chi connectivity index (χ1v) is 5.25. The van der Waals surface area contributed by atoms with Crippen LogP contribution in [-0.4, -0.2) is 19.1 Å². The van der Waals surface area contributed by atoms with Gasteiger partial charge in [-0.2, -0.15) is 0 Å². The van der Waals surface area contributed by atoms with E-state index in [1.54, 1.807) is 0 Å². The molecule has 0 aromatic rings. The first-order valence-electron chi connectivity index (χ1n) is 5.25. The minimum atomic E-state index is -0.111. The predicted octanol–water partition coefficient (Wildman–Crippen LogP) is 1.70. The highest BCUT2D eigenvalue weighted by Crippen LogP contribution is 2.39. The molecule has 0 radical (unpaired) electrons. The van der Waals surface area contributed by atoms with Gasteiger partial charge < -0.3 is 10.5 Å². The molecule has 1 aliphatic rings. The van der Waals surface area contributed by atoms with E-state index in [4.69, 9.17) is 5.73 Å². The molecule has 2 atom stereocenters. The average Bonchev–Trinajstić information content (AvgIpc) is 1.99. The van der Waals surface area contributed by atoms with Crippen molar-refractivity contribution < 1.29 is 9.53 Å². The van der Waals surface area contributed by atoms with E-state index < -0.39 is 0 Å². The van der Waals surface area contributed by atoms with Gasteiger partial charge in [0.05, 0.1) is 7.11 Å². The Balaban J connectivity index is 2.50. The van der Waals surface area contributed by atoms with E-state index in [9.17, 15) is 4.79 Å². The molecule has 0 bridgehead atoms. The second-order valence-corrected chi connectivity index (χ2v) is 5.21. The van der Waals surface area contributed by atoms with Crippen LogP contribution in [0.5, 0.6) is 0 Å². The third kappa shape index (κ3) is 3.29. The quantitative estimate of drug-likeness (QED) is 0.689. The van der Waals surface area contributed by atoms with Crippen molar-refractivity contribution in [3.05, 3.63) is 0 Å². The maximum atomic E-state index is 11.1. The van der Waals surface area contributed by atoms with Gasteiger partial charge >= 0.3 is 5.97 Å². The fourth-order valence-electron chi connectivity index (χ4n) is 2.64. The molecule has 1 aliphatic carbocycles. The molecule has 0 heterocycles.